The van der Waals surface area contributed by atoms with Crippen molar-refractivity contribution >= 4 is 0 Å². The summed E-state index contributed by atoms with van der Waals surface area (Å²) in [5, 5.41) is 0. The normalized spacial score (nSPS) is 37.7. The van der Waals surface area contributed by atoms with Gasteiger partial charge in [0.25, 0.3) is 0 Å². The minimum atomic E-state index is 0.480. The van der Waals surface area contributed by atoms with Crippen molar-refractivity contribution in [2.24, 2.45) is 17.6 Å². The van der Waals surface area contributed by atoms with Gasteiger partial charge in [0, 0.05) is 6.04 Å². The molecule has 0 bridgehead atoms. The molecular formula is C8H17N. The molecule has 1 heteroatoms. The topological polar surface area (TPSA) is 26.0 Å². The van der Waals surface area contributed by atoms with Crippen LogP contribution in [0.4, 0.5) is 0 Å². The lowest BCUT2D eigenvalue weighted by molar-refractivity contribution is 0.158. The summed E-state index contributed by atoms with van der Waals surface area (Å²) in [5.41, 5.74) is 5.87. The van der Waals surface area contributed by atoms with Crippen molar-refractivity contribution in [2.75, 3.05) is 0 Å². The summed E-state index contributed by atoms with van der Waals surface area (Å²) in [5.74, 6) is 1.75. The average Bonchev–Trinajstić information content (AvgIpc) is 1.84. The maximum atomic E-state index is 5.87. The highest BCUT2D eigenvalue weighted by Gasteiger charge is 2.30. The van der Waals surface area contributed by atoms with Gasteiger partial charge in [0.15, 0.2) is 0 Å². The number of hydrogen-bond acceptors (Lipinski definition) is 1. The van der Waals surface area contributed by atoms with Crippen molar-refractivity contribution in [3.05, 3.63) is 0 Å². The molecule has 1 nitrogen and oxygen atoms in total. The van der Waals surface area contributed by atoms with Crippen molar-refractivity contribution in [1.82, 2.24) is 0 Å². The molecule has 1 aliphatic rings. The van der Waals surface area contributed by atoms with Crippen LogP contribution < -0.4 is 5.73 Å². The van der Waals surface area contributed by atoms with E-state index < -0.39 is 0 Å². The molecule has 2 unspecified atom stereocenters. The van der Waals surface area contributed by atoms with E-state index in [1.807, 2.05) is 0 Å². The van der Waals surface area contributed by atoms with Gasteiger partial charge in [0.1, 0.15) is 0 Å². The van der Waals surface area contributed by atoms with Gasteiger partial charge in [-0.1, -0.05) is 20.3 Å². The van der Waals surface area contributed by atoms with Crippen molar-refractivity contribution in [3.63, 3.8) is 0 Å². The molecule has 1 saturated carbocycles. The minimum Gasteiger partial charge on any atom is -0.327 e. The fraction of sp³-hybridized carbons (Fsp3) is 1.00. The number of nitrogens with two attached hydrogens (primary N) is 1. The van der Waals surface area contributed by atoms with Crippen molar-refractivity contribution < 1.29 is 0 Å². The van der Waals surface area contributed by atoms with E-state index in [2.05, 4.69) is 13.8 Å². The Morgan fingerprint density at radius 1 is 1.56 bits per heavy atom. The highest BCUT2D eigenvalue weighted by Crippen LogP contribution is 2.36. The van der Waals surface area contributed by atoms with Gasteiger partial charge >= 0.3 is 0 Å². The summed E-state index contributed by atoms with van der Waals surface area (Å²) in [7, 11) is 0. The van der Waals surface area contributed by atoms with E-state index in [9.17, 15) is 0 Å². The second-order valence-electron chi connectivity index (χ2n) is 3.29. The van der Waals surface area contributed by atoms with E-state index in [0.717, 1.165) is 18.3 Å². The molecule has 2 N–H and O–H groups in total. The molecule has 0 saturated heterocycles. The first kappa shape index (κ1) is 7.07. The molecule has 1 fully saturated rings. The fourth-order valence-electron chi connectivity index (χ4n) is 1.63. The summed E-state index contributed by atoms with van der Waals surface area (Å²) in [6.45, 7) is 4.49. The number of hydrogen-bond donors (Lipinski definition) is 1. The van der Waals surface area contributed by atoms with E-state index in [1.165, 1.54) is 12.8 Å². The average molecular weight is 127 g/mol. The molecule has 3 atom stereocenters. The zero-order chi connectivity index (χ0) is 6.85. The Labute approximate surface area is 57.6 Å². The quantitative estimate of drug-likeness (QED) is 0.601. The van der Waals surface area contributed by atoms with E-state index in [-0.39, 0.29) is 0 Å². The maximum Gasteiger partial charge on any atom is 0.00670 e. The largest absolute Gasteiger partial charge is 0.327 e. The Morgan fingerprint density at radius 3 is 2.33 bits per heavy atom. The van der Waals surface area contributed by atoms with E-state index >= 15 is 0 Å². The van der Waals surface area contributed by atoms with Crippen LogP contribution in [-0.2, 0) is 0 Å². The van der Waals surface area contributed by atoms with Crippen molar-refractivity contribution in [1.29, 1.82) is 0 Å². The molecule has 54 valence electrons. The summed E-state index contributed by atoms with van der Waals surface area (Å²) < 4.78 is 0. The highest BCUT2D eigenvalue weighted by atomic mass is 14.7. The first-order valence-electron chi connectivity index (χ1n) is 4.01. The smallest absolute Gasteiger partial charge is 0.00670 e. The van der Waals surface area contributed by atoms with Crippen LogP contribution in [0.25, 0.3) is 0 Å². The van der Waals surface area contributed by atoms with Gasteiger partial charge in [-0.15, -0.1) is 0 Å². The fourth-order valence-corrected chi connectivity index (χ4v) is 1.63. The molecule has 0 aromatic heterocycles. The third kappa shape index (κ3) is 1.26. The van der Waals surface area contributed by atoms with Gasteiger partial charge in [-0.3, -0.25) is 0 Å². The van der Waals surface area contributed by atoms with Gasteiger partial charge < -0.3 is 5.73 Å². The van der Waals surface area contributed by atoms with E-state index in [1.54, 1.807) is 0 Å². The third-order valence-electron chi connectivity index (χ3n) is 2.71. The molecule has 0 aliphatic heterocycles. The SMILES string of the molecule is CCC(N)C1CC[C@H]1C. The van der Waals surface area contributed by atoms with Crippen LogP contribution in [0, 0.1) is 11.8 Å². The van der Waals surface area contributed by atoms with Crippen LogP contribution >= 0.6 is 0 Å². The van der Waals surface area contributed by atoms with Crippen LogP contribution in [0.15, 0.2) is 0 Å². The zero-order valence-electron chi connectivity index (χ0n) is 6.43. The molecular weight excluding hydrogens is 110 g/mol. The molecule has 0 aromatic rings. The third-order valence-corrected chi connectivity index (χ3v) is 2.71. The molecule has 9 heavy (non-hydrogen) atoms. The second-order valence-corrected chi connectivity index (χ2v) is 3.29. The molecule has 1 rings (SSSR count). The lowest BCUT2D eigenvalue weighted by atomic mass is 9.70. The monoisotopic (exact) mass is 127 g/mol. The van der Waals surface area contributed by atoms with Gasteiger partial charge in [0.2, 0.25) is 0 Å². The van der Waals surface area contributed by atoms with Gasteiger partial charge in [-0.05, 0) is 24.7 Å². The number of rotatable bonds is 2. The summed E-state index contributed by atoms with van der Waals surface area (Å²) in [4.78, 5) is 0. The molecule has 0 radical (unpaired) electrons. The molecule has 0 aromatic carbocycles. The van der Waals surface area contributed by atoms with E-state index in [4.69, 9.17) is 5.73 Å². The van der Waals surface area contributed by atoms with Crippen LogP contribution in [0.5, 0.6) is 0 Å². The lowest BCUT2D eigenvalue weighted by Crippen LogP contribution is -2.39. The van der Waals surface area contributed by atoms with Gasteiger partial charge in [0.05, 0.1) is 0 Å². The Bertz CT molecular complexity index is 90.6. The first-order valence-corrected chi connectivity index (χ1v) is 4.01. The Morgan fingerprint density at radius 2 is 2.22 bits per heavy atom. The van der Waals surface area contributed by atoms with Crippen molar-refractivity contribution in [2.45, 2.75) is 39.2 Å². The minimum absolute atomic E-state index is 0.480. The predicted octanol–water partition coefficient (Wildman–Crippen LogP) is 1.77. The predicted molar refractivity (Wildman–Crippen MR) is 40.2 cm³/mol. The standard InChI is InChI=1S/C8H17N/c1-3-8(9)7-5-4-6(7)2/h6-8H,3-5,9H2,1-2H3/t6-,7?,8?/m1/s1. The molecule has 1 aliphatic carbocycles. The summed E-state index contributed by atoms with van der Waals surface area (Å²) in [6.07, 6.45) is 3.92. The highest BCUT2D eigenvalue weighted by molar-refractivity contribution is 4.84. The maximum absolute atomic E-state index is 5.87. The lowest BCUT2D eigenvalue weighted by Gasteiger charge is -2.37. The van der Waals surface area contributed by atoms with Crippen LogP contribution in [0.3, 0.4) is 0 Å². The molecule has 0 heterocycles. The summed E-state index contributed by atoms with van der Waals surface area (Å²) in [6, 6.07) is 0.480. The Kier molecular flexibility index (Phi) is 2.12. The van der Waals surface area contributed by atoms with Gasteiger partial charge in [-0.2, -0.15) is 0 Å². The van der Waals surface area contributed by atoms with Crippen LogP contribution in [0.2, 0.25) is 0 Å². The zero-order valence-corrected chi connectivity index (χ0v) is 6.43. The first-order chi connectivity index (χ1) is 4.25. The Balaban J connectivity index is 2.25. The van der Waals surface area contributed by atoms with Gasteiger partial charge in [-0.25, -0.2) is 0 Å². The van der Waals surface area contributed by atoms with Crippen LogP contribution in [-0.4, -0.2) is 6.04 Å². The van der Waals surface area contributed by atoms with Crippen LogP contribution in [0.1, 0.15) is 33.1 Å². The van der Waals surface area contributed by atoms with Crippen molar-refractivity contribution in [3.8, 4) is 0 Å². The van der Waals surface area contributed by atoms with E-state index in [0.29, 0.717) is 6.04 Å². The Hall–Kier alpha value is -0.0400. The second kappa shape index (κ2) is 2.70. The molecule has 0 amide bonds. The summed E-state index contributed by atoms with van der Waals surface area (Å²) >= 11 is 0. The molecule has 0 spiro atoms.